The second kappa shape index (κ2) is 7.53. The first-order valence-corrected chi connectivity index (χ1v) is 9.29. The molecule has 2 aromatic carbocycles. The summed E-state index contributed by atoms with van der Waals surface area (Å²) in [5.74, 6) is -0.427. The van der Waals surface area contributed by atoms with Crippen molar-refractivity contribution >= 4 is 5.91 Å². The fraction of sp³-hybridized carbons (Fsp3) is 0.0833. The number of carbonyl (C=O) groups excluding carboxylic acids is 1. The van der Waals surface area contributed by atoms with E-state index in [0.717, 1.165) is 40.2 Å². The minimum Gasteiger partial charge on any atom is -0.366 e. The molecule has 2 heterocycles. The lowest BCUT2D eigenvalue weighted by molar-refractivity contribution is 0.100. The van der Waals surface area contributed by atoms with Gasteiger partial charge in [0.2, 0.25) is 5.91 Å². The van der Waals surface area contributed by atoms with E-state index in [0.29, 0.717) is 5.56 Å². The molecule has 0 saturated carbocycles. The quantitative estimate of drug-likeness (QED) is 0.539. The Labute approximate surface area is 164 Å². The third-order valence-electron chi connectivity index (χ3n) is 4.92. The van der Waals surface area contributed by atoms with Gasteiger partial charge in [0.25, 0.3) is 0 Å². The summed E-state index contributed by atoms with van der Waals surface area (Å²) >= 11 is 0. The number of carbonyl (C=O) groups is 1. The van der Waals surface area contributed by atoms with Crippen LogP contribution in [-0.2, 0) is 6.54 Å². The number of rotatable bonds is 5. The van der Waals surface area contributed by atoms with Gasteiger partial charge in [0.15, 0.2) is 0 Å². The van der Waals surface area contributed by atoms with E-state index in [4.69, 9.17) is 5.73 Å². The Bertz CT molecular complexity index is 1120. The number of benzene rings is 2. The highest BCUT2D eigenvalue weighted by molar-refractivity contribution is 6.02. The number of nitrogens with two attached hydrogens (primary N) is 1. The van der Waals surface area contributed by atoms with E-state index in [1.54, 1.807) is 18.5 Å². The number of hydrogen-bond acceptors (Lipinski definition) is 2. The second-order valence-corrected chi connectivity index (χ2v) is 6.55. The Morgan fingerprint density at radius 3 is 2.25 bits per heavy atom. The van der Waals surface area contributed by atoms with Crippen molar-refractivity contribution in [2.45, 2.75) is 13.5 Å². The van der Waals surface area contributed by atoms with E-state index < -0.39 is 5.91 Å². The van der Waals surface area contributed by atoms with Crippen molar-refractivity contribution in [1.29, 1.82) is 0 Å². The van der Waals surface area contributed by atoms with Gasteiger partial charge in [-0.1, -0.05) is 48.5 Å². The maximum Gasteiger partial charge on any atom is 0.249 e. The van der Waals surface area contributed by atoms with Gasteiger partial charge in [0.1, 0.15) is 0 Å². The van der Waals surface area contributed by atoms with E-state index in [1.807, 2.05) is 48.5 Å². The van der Waals surface area contributed by atoms with Gasteiger partial charge in [0.05, 0.1) is 5.69 Å². The molecule has 0 aliphatic rings. The number of pyridine rings is 1. The summed E-state index contributed by atoms with van der Waals surface area (Å²) in [4.78, 5) is 16.2. The van der Waals surface area contributed by atoms with E-state index in [1.165, 1.54) is 0 Å². The molecule has 0 atom stereocenters. The Hall–Kier alpha value is -3.66. The highest BCUT2D eigenvalue weighted by atomic mass is 16.1. The molecule has 0 spiro atoms. The molecule has 2 aromatic heterocycles. The molecule has 4 nitrogen and oxygen atoms in total. The number of amides is 1. The molecule has 0 aliphatic heterocycles. The molecule has 0 fully saturated rings. The molecule has 138 valence electrons. The van der Waals surface area contributed by atoms with Crippen molar-refractivity contribution in [3.05, 3.63) is 90.8 Å². The van der Waals surface area contributed by atoms with Gasteiger partial charge in [-0.2, -0.15) is 0 Å². The van der Waals surface area contributed by atoms with Crippen molar-refractivity contribution in [3.8, 4) is 33.6 Å². The molecule has 0 saturated heterocycles. The average Bonchev–Trinajstić information content (AvgIpc) is 3.14. The van der Waals surface area contributed by atoms with Crippen LogP contribution in [0, 0.1) is 0 Å². The van der Waals surface area contributed by atoms with E-state index in [9.17, 15) is 4.79 Å². The zero-order valence-electron chi connectivity index (χ0n) is 15.7. The third kappa shape index (κ3) is 3.09. The van der Waals surface area contributed by atoms with Crippen LogP contribution in [0.5, 0.6) is 0 Å². The van der Waals surface area contributed by atoms with Gasteiger partial charge in [-0.25, -0.2) is 0 Å². The molecule has 0 bridgehead atoms. The largest absolute Gasteiger partial charge is 0.366 e. The first-order chi connectivity index (χ1) is 13.7. The molecule has 1 amide bonds. The van der Waals surface area contributed by atoms with Crippen LogP contribution in [-0.4, -0.2) is 15.5 Å². The summed E-state index contributed by atoms with van der Waals surface area (Å²) in [7, 11) is 0. The lowest BCUT2D eigenvalue weighted by atomic mass is 9.96. The number of hydrogen-bond donors (Lipinski definition) is 1. The molecule has 0 unspecified atom stereocenters. The van der Waals surface area contributed by atoms with Crippen LogP contribution < -0.4 is 5.73 Å². The lowest BCUT2D eigenvalue weighted by Crippen LogP contribution is -2.12. The van der Waals surface area contributed by atoms with Crippen LogP contribution in [0.1, 0.15) is 17.3 Å². The Morgan fingerprint density at radius 2 is 1.57 bits per heavy atom. The fourth-order valence-corrected chi connectivity index (χ4v) is 3.68. The smallest absolute Gasteiger partial charge is 0.249 e. The predicted octanol–water partition coefficient (Wildman–Crippen LogP) is 5.00. The van der Waals surface area contributed by atoms with Crippen molar-refractivity contribution in [3.63, 3.8) is 0 Å². The van der Waals surface area contributed by atoms with Crippen molar-refractivity contribution in [2.75, 3.05) is 0 Å². The highest BCUT2D eigenvalue weighted by Gasteiger charge is 2.21. The van der Waals surface area contributed by atoms with E-state index >= 15 is 0 Å². The highest BCUT2D eigenvalue weighted by Crippen LogP contribution is 2.40. The summed E-state index contributed by atoms with van der Waals surface area (Å²) in [5.41, 5.74) is 12.4. The molecule has 28 heavy (non-hydrogen) atoms. The monoisotopic (exact) mass is 367 g/mol. The maximum absolute atomic E-state index is 12.1. The van der Waals surface area contributed by atoms with Gasteiger partial charge >= 0.3 is 0 Å². The molecule has 4 aromatic rings. The Kier molecular flexibility index (Phi) is 4.77. The van der Waals surface area contributed by atoms with E-state index in [2.05, 4.69) is 34.7 Å². The fourth-order valence-electron chi connectivity index (χ4n) is 3.68. The molecule has 0 radical (unpaired) electrons. The summed E-state index contributed by atoms with van der Waals surface area (Å²) in [6.45, 7) is 2.92. The first-order valence-electron chi connectivity index (χ1n) is 9.29. The average molecular weight is 367 g/mol. The Balaban J connectivity index is 2.06. The van der Waals surface area contributed by atoms with Crippen LogP contribution in [0.4, 0.5) is 0 Å². The second-order valence-electron chi connectivity index (χ2n) is 6.55. The molecule has 2 N–H and O–H groups in total. The Morgan fingerprint density at radius 1 is 0.893 bits per heavy atom. The van der Waals surface area contributed by atoms with Crippen LogP contribution >= 0.6 is 0 Å². The van der Waals surface area contributed by atoms with Gasteiger partial charge in [0, 0.05) is 41.3 Å². The molecule has 4 rings (SSSR count). The normalized spacial score (nSPS) is 10.8. The lowest BCUT2D eigenvalue weighted by Gasteiger charge is -2.14. The van der Waals surface area contributed by atoms with Crippen molar-refractivity contribution < 1.29 is 4.79 Å². The minimum atomic E-state index is -0.427. The zero-order valence-corrected chi connectivity index (χ0v) is 15.7. The SMILES string of the molecule is CCn1c(-c2ccncc2)cc(-c2ccccc2C(N)=O)c1-c1ccccc1. The third-order valence-corrected chi connectivity index (χ3v) is 4.92. The maximum atomic E-state index is 12.1. The van der Waals surface area contributed by atoms with E-state index in [-0.39, 0.29) is 0 Å². The molecular formula is C24H21N3O. The minimum absolute atomic E-state index is 0.427. The van der Waals surface area contributed by atoms with Crippen molar-refractivity contribution in [1.82, 2.24) is 9.55 Å². The summed E-state index contributed by atoms with van der Waals surface area (Å²) in [5, 5.41) is 0. The molecule has 0 aliphatic carbocycles. The van der Waals surface area contributed by atoms with Crippen molar-refractivity contribution in [2.24, 2.45) is 5.73 Å². The topological polar surface area (TPSA) is 60.9 Å². The van der Waals surface area contributed by atoms with Gasteiger partial charge in [-0.15, -0.1) is 0 Å². The number of nitrogens with zero attached hydrogens (tertiary/aromatic N) is 2. The molecular weight excluding hydrogens is 346 g/mol. The zero-order chi connectivity index (χ0) is 19.5. The molecule has 4 heteroatoms. The summed E-state index contributed by atoms with van der Waals surface area (Å²) < 4.78 is 2.28. The van der Waals surface area contributed by atoms with Crippen LogP contribution in [0.2, 0.25) is 0 Å². The first kappa shape index (κ1) is 17.7. The predicted molar refractivity (Wildman–Crippen MR) is 113 cm³/mol. The van der Waals surface area contributed by atoms with Gasteiger partial charge in [-0.3, -0.25) is 9.78 Å². The van der Waals surface area contributed by atoms with Gasteiger partial charge in [-0.05, 0) is 42.3 Å². The summed E-state index contributed by atoms with van der Waals surface area (Å²) in [6.07, 6.45) is 3.59. The number of primary amides is 1. The standard InChI is InChI=1S/C24H21N3O/c1-2-27-22(17-12-14-26-15-13-17)16-21(23(27)18-8-4-3-5-9-18)19-10-6-7-11-20(19)24(25)28/h3-16H,2H2,1H3,(H2,25,28). The van der Waals surface area contributed by atoms with Gasteiger partial charge < -0.3 is 10.3 Å². The van der Waals surface area contributed by atoms with Crippen LogP contribution in [0.3, 0.4) is 0 Å². The van der Waals surface area contributed by atoms with Crippen LogP contribution in [0.15, 0.2) is 85.2 Å². The summed E-state index contributed by atoms with van der Waals surface area (Å²) in [6, 6.07) is 23.9. The number of aromatic nitrogens is 2. The van der Waals surface area contributed by atoms with Crippen LogP contribution in [0.25, 0.3) is 33.6 Å².